The summed E-state index contributed by atoms with van der Waals surface area (Å²) < 4.78 is 90.7. The summed E-state index contributed by atoms with van der Waals surface area (Å²) in [6.07, 6.45) is -5.14. The van der Waals surface area contributed by atoms with Gasteiger partial charge in [0.05, 0.1) is 37.7 Å². The van der Waals surface area contributed by atoms with E-state index in [9.17, 15) is 9.13 Å². The van der Waals surface area contributed by atoms with Crippen molar-refractivity contribution < 1.29 is 41.0 Å². The molecule has 1 unspecified atom stereocenters. The van der Waals surface area contributed by atoms with E-state index in [4.69, 9.17) is 34.5 Å². The Morgan fingerprint density at radius 2 is 1.57 bits per heavy atom. The molecule has 7 rings (SSSR count). The average Bonchev–Trinajstić information content (AvgIpc) is 3.73. The number of nitrogens with two attached hydrogens (primary N) is 2. The van der Waals surface area contributed by atoms with Gasteiger partial charge in [-0.15, -0.1) is 0 Å². The van der Waals surface area contributed by atoms with Gasteiger partial charge in [-0.2, -0.15) is 0 Å². The monoisotopic (exact) mass is 671 g/mol. The number of aromatic nitrogens is 7. The first kappa shape index (κ1) is 30.0. The van der Waals surface area contributed by atoms with Crippen LogP contribution in [0.1, 0.15) is 12.5 Å². The van der Waals surface area contributed by atoms with E-state index < -0.39 is 76.3 Å². The van der Waals surface area contributed by atoms with Crippen LogP contribution in [-0.4, -0.2) is 91.7 Å². The van der Waals surface area contributed by atoms with Gasteiger partial charge in [0.15, 0.2) is 49.2 Å². The fraction of sp³-hybridized carbons (Fsp3) is 0.500. The zero-order valence-electron chi connectivity index (χ0n) is 22.9. The number of imidazole rings is 2. The predicted octanol–water partition coefficient (Wildman–Crippen LogP) is 1.82. The Morgan fingerprint density at radius 1 is 0.909 bits per heavy atom. The standard InChI is InChI=1S/C22H26BF2N9O7P2S/c23-42(35)5-9-11(39-21(13(9)24)34-8-32-16-18(27)29-6-30-20(16)34)3-38-43(36,44)41-17-12(4-37-42)40-22(14(17)25)33-7-31-15-10(26)1-2-28-19(15)33/h1-2,6-9,11-14,17,21-22H,3-5,23H2,(H2,26,28)(H,36,44)(H2,27,29,30)/t9-,11-,12-,13-,14-,17-,21-,22?,42+,43-/m1/s1. The first-order valence-electron chi connectivity index (χ1n) is 13.4. The van der Waals surface area contributed by atoms with Gasteiger partial charge in [-0.3, -0.25) is 18.2 Å². The molecule has 4 N–H and O–H groups in total. The van der Waals surface area contributed by atoms with Gasteiger partial charge in [-0.1, -0.05) is 12.2 Å². The Morgan fingerprint density at radius 3 is 2.34 bits per heavy atom. The number of rotatable bonds is 2. The van der Waals surface area contributed by atoms with Crippen LogP contribution in [-0.2, 0) is 32.2 Å². The molecule has 0 radical (unpaired) electrons. The summed E-state index contributed by atoms with van der Waals surface area (Å²) in [6.45, 7) is -5.23. The molecule has 22 heteroatoms. The van der Waals surface area contributed by atoms with Crippen LogP contribution < -0.4 is 11.5 Å². The van der Waals surface area contributed by atoms with Crippen molar-refractivity contribution in [1.82, 2.24) is 34.1 Å². The Kier molecular flexibility index (Phi) is 7.48. The van der Waals surface area contributed by atoms with Gasteiger partial charge in [0, 0.05) is 18.3 Å². The second-order valence-corrected chi connectivity index (χ2v) is 16.3. The Labute approximate surface area is 253 Å². The lowest BCUT2D eigenvalue weighted by Gasteiger charge is -2.28. The lowest BCUT2D eigenvalue weighted by Crippen LogP contribution is -2.35. The van der Waals surface area contributed by atoms with Crippen LogP contribution in [0, 0.1) is 5.92 Å². The van der Waals surface area contributed by atoms with Crippen LogP contribution in [0.3, 0.4) is 0 Å². The number of anilines is 2. The second-order valence-electron chi connectivity index (χ2n) is 10.8. The molecule has 3 saturated heterocycles. The van der Waals surface area contributed by atoms with E-state index >= 15 is 8.78 Å². The molecular weight excluding hydrogens is 645 g/mol. The maximum Gasteiger partial charge on any atom is 0.386 e. The highest BCUT2D eigenvalue weighted by Crippen LogP contribution is 2.58. The summed E-state index contributed by atoms with van der Waals surface area (Å²) in [4.78, 5) is 20.6. The van der Waals surface area contributed by atoms with Crippen molar-refractivity contribution in [2.75, 3.05) is 30.8 Å². The van der Waals surface area contributed by atoms with E-state index in [0.29, 0.717) is 11.2 Å². The zero-order valence-corrected chi connectivity index (χ0v) is 25.6. The van der Waals surface area contributed by atoms with Crippen LogP contribution in [0.2, 0.25) is 0 Å². The minimum Gasteiger partial charge on any atom is -0.397 e. The highest BCUT2D eigenvalue weighted by Gasteiger charge is 2.53. The minimum absolute atomic E-state index is 0.0967. The molecule has 3 aliphatic rings. The first-order chi connectivity index (χ1) is 20.9. The summed E-state index contributed by atoms with van der Waals surface area (Å²) in [6, 6.07) is 1.55. The topological polar surface area (TPSA) is 207 Å². The Hall–Kier alpha value is -2.70. The van der Waals surface area contributed by atoms with Gasteiger partial charge in [-0.05, 0) is 6.07 Å². The largest absolute Gasteiger partial charge is 0.397 e. The lowest BCUT2D eigenvalue weighted by molar-refractivity contribution is -0.0448. The van der Waals surface area contributed by atoms with Crippen molar-refractivity contribution in [1.29, 1.82) is 0 Å². The van der Waals surface area contributed by atoms with Crippen LogP contribution in [0.15, 0.2) is 31.2 Å². The number of hydrogen-bond donors (Lipinski definition) is 3. The molecule has 0 spiro atoms. The van der Waals surface area contributed by atoms with Gasteiger partial charge in [-0.25, -0.2) is 38.3 Å². The van der Waals surface area contributed by atoms with Gasteiger partial charge >= 0.3 is 6.80 Å². The number of halogens is 2. The SMILES string of the molecule is B[P@]1(=O)C[C@H]2[C@@H](F)[C@H](n3cnc4c(N)ncnc43)O[C@@H]2CO[P@@](=O)(S)O[C@@H]2[C@@H](CO1)OC(n1cnc3c(N)ccnc31)[C@@H]2F. The van der Waals surface area contributed by atoms with E-state index in [1.807, 2.05) is 0 Å². The van der Waals surface area contributed by atoms with E-state index in [2.05, 4.69) is 37.2 Å². The molecule has 0 bridgehead atoms. The Bertz CT molecular complexity index is 1710. The smallest absolute Gasteiger partial charge is 0.386 e. The molecule has 16 nitrogen and oxygen atoms in total. The highest BCUT2D eigenvalue weighted by molar-refractivity contribution is 8.44. The van der Waals surface area contributed by atoms with Gasteiger partial charge in [0.2, 0.25) is 7.57 Å². The van der Waals surface area contributed by atoms with Crippen LogP contribution in [0.5, 0.6) is 0 Å². The molecule has 3 fully saturated rings. The molecule has 4 aromatic heterocycles. The molecule has 234 valence electrons. The maximum atomic E-state index is 16.1. The molecular formula is C22H26BF2N9O7P2S. The van der Waals surface area contributed by atoms with Crippen molar-refractivity contribution in [3.05, 3.63) is 31.2 Å². The number of thiol groups is 1. The predicted molar refractivity (Wildman–Crippen MR) is 157 cm³/mol. The zero-order chi connectivity index (χ0) is 31.0. The molecule has 0 aromatic carbocycles. The van der Waals surface area contributed by atoms with Crippen LogP contribution >= 0.6 is 26.3 Å². The normalized spacial score (nSPS) is 38.2. The van der Waals surface area contributed by atoms with Crippen molar-refractivity contribution in [2.24, 2.45) is 5.92 Å². The van der Waals surface area contributed by atoms with Gasteiger partial charge in [0.1, 0.15) is 29.6 Å². The number of hydrogen-bond acceptors (Lipinski definition) is 14. The summed E-state index contributed by atoms with van der Waals surface area (Å²) in [7, 11) is -2.23. The van der Waals surface area contributed by atoms with Crippen molar-refractivity contribution >= 4 is 67.7 Å². The van der Waals surface area contributed by atoms with E-state index in [1.165, 1.54) is 41.9 Å². The molecule has 10 atom stereocenters. The number of alkyl halides is 2. The number of ether oxygens (including phenoxy) is 2. The average molecular weight is 671 g/mol. The van der Waals surface area contributed by atoms with Crippen LogP contribution in [0.4, 0.5) is 20.3 Å². The number of pyridine rings is 1. The molecule has 0 saturated carbocycles. The minimum atomic E-state index is -4.30. The van der Waals surface area contributed by atoms with Crippen LogP contribution in [0.25, 0.3) is 22.3 Å². The van der Waals surface area contributed by atoms with Gasteiger partial charge in [0.25, 0.3) is 0 Å². The van der Waals surface area contributed by atoms with Crippen molar-refractivity contribution in [3.63, 3.8) is 0 Å². The summed E-state index contributed by atoms with van der Waals surface area (Å²) in [5, 5.41) is 0. The molecule has 3 aliphatic heterocycles. The third kappa shape index (κ3) is 5.20. The van der Waals surface area contributed by atoms with Crippen molar-refractivity contribution in [3.8, 4) is 0 Å². The second kappa shape index (κ2) is 11.0. The fourth-order valence-corrected chi connectivity index (χ4v) is 9.02. The number of nitrogen functional groups attached to an aromatic ring is 2. The summed E-state index contributed by atoms with van der Waals surface area (Å²) in [5.41, 5.74) is 13.2. The van der Waals surface area contributed by atoms with E-state index in [0.717, 1.165) is 0 Å². The molecule has 7 heterocycles. The maximum absolute atomic E-state index is 16.1. The lowest BCUT2D eigenvalue weighted by atomic mass is 10.0. The van der Waals surface area contributed by atoms with Gasteiger partial charge < -0.3 is 30.0 Å². The van der Waals surface area contributed by atoms with E-state index in [1.54, 1.807) is 6.07 Å². The highest BCUT2D eigenvalue weighted by atomic mass is 32.7. The fourth-order valence-electron chi connectivity index (χ4n) is 5.76. The Balaban J connectivity index is 1.17. The van der Waals surface area contributed by atoms with Crippen molar-refractivity contribution in [2.45, 2.75) is 43.1 Å². The number of nitrogens with zero attached hydrogens (tertiary/aromatic N) is 7. The third-order valence-electron chi connectivity index (χ3n) is 7.88. The molecule has 4 aromatic rings. The summed E-state index contributed by atoms with van der Waals surface area (Å²) in [5.74, 6) is -0.949. The number of fused-ring (bicyclic) bond motifs is 4. The third-order valence-corrected chi connectivity index (χ3v) is 11.3. The first-order valence-corrected chi connectivity index (χ1v) is 18.3. The quantitative estimate of drug-likeness (QED) is 0.158. The van der Waals surface area contributed by atoms with E-state index in [-0.39, 0.29) is 28.8 Å². The molecule has 0 amide bonds. The molecule has 44 heavy (non-hydrogen) atoms. The molecule has 0 aliphatic carbocycles. The summed E-state index contributed by atoms with van der Waals surface area (Å²) >= 11 is 4.06.